The Morgan fingerprint density at radius 3 is 3.10 bits per heavy atom. The first-order valence-electron chi connectivity index (χ1n) is 6.28. The van der Waals surface area contributed by atoms with E-state index in [-0.39, 0.29) is 6.04 Å². The van der Waals surface area contributed by atoms with E-state index >= 15 is 0 Å². The van der Waals surface area contributed by atoms with E-state index in [9.17, 15) is 0 Å². The fourth-order valence-electron chi connectivity index (χ4n) is 1.73. The lowest BCUT2D eigenvalue weighted by atomic mass is 10.2. The molecule has 3 aromatic heterocycles. The molecular weight excluding hydrogens is 260 g/mol. The highest BCUT2D eigenvalue weighted by molar-refractivity contribution is 5.44. The van der Waals surface area contributed by atoms with Crippen LogP contribution in [0.4, 0.5) is 0 Å². The lowest BCUT2D eigenvalue weighted by molar-refractivity contribution is 0.363. The molecule has 0 aliphatic carbocycles. The average molecular weight is 274 g/mol. The predicted octanol–water partition coefficient (Wildman–Crippen LogP) is 1.38. The largest absolute Gasteiger partial charge is 0.461 e. The van der Waals surface area contributed by atoms with Crippen molar-refractivity contribution in [3.63, 3.8) is 0 Å². The summed E-state index contributed by atoms with van der Waals surface area (Å²) < 4.78 is 12.0. The van der Waals surface area contributed by atoms with E-state index in [1.807, 2.05) is 6.92 Å². The third-order valence-corrected chi connectivity index (χ3v) is 2.88. The highest BCUT2D eigenvalue weighted by atomic mass is 16.5. The molecule has 0 saturated heterocycles. The highest BCUT2D eigenvalue weighted by Gasteiger charge is 2.13. The number of aromatic nitrogens is 5. The molecule has 104 valence electrons. The van der Waals surface area contributed by atoms with Crippen LogP contribution in [0.15, 0.2) is 33.5 Å². The Balaban J connectivity index is 1.73. The van der Waals surface area contributed by atoms with Crippen molar-refractivity contribution in [2.24, 2.45) is 5.73 Å². The summed E-state index contributed by atoms with van der Waals surface area (Å²) in [5.74, 6) is 1.40. The Morgan fingerprint density at radius 1 is 1.45 bits per heavy atom. The first-order valence-corrected chi connectivity index (χ1v) is 6.28. The van der Waals surface area contributed by atoms with Gasteiger partial charge in [0, 0.05) is 0 Å². The van der Waals surface area contributed by atoms with E-state index in [2.05, 4.69) is 20.5 Å². The predicted molar refractivity (Wildman–Crippen MR) is 68.3 cm³/mol. The first kappa shape index (κ1) is 12.5. The summed E-state index contributed by atoms with van der Waals surface area (Å²) in [6.07, 6.45) is 4.15. The smallest absolute Gasteiger partial charge is 0.248 e. The van der Waals surface area contributed by atoms with Crippen LogP contribution in [0.5, 0.6) is 0 Å². The van der Waals surface area contributed by atoms with Crippen molar-refractivity contribution in [1.82, 2.24) is 25.1 Å². The maximum absolute atomic E-state index is 5.89. The van der Waals surface area contributed by atoms with Gasteiger partial charge >= 0.3 is 0 Å². The number of hydrogen-bond donors (Lipinski definition) is 1. The molecule has 20 heavy (non-hydrogen) atoms. The number of rotatable bonds is 5. The standard InChI is InChI=1S/C12H14N6O2/c1-2-8(13)9-6-18(17-15-9)7-11-14-12(16-20-11)10-4-3-5-19-10/h3-6,8H,2,7,13H2,1H3. The zero-order valence-corrected chi connectivity index (χ0v) is 10.9. The number of nitrogens with zero attached hydrogens (tertiary/aromatic N) is 5. The van der Waals surface area contributed by atoms with Crippen molar-refractivity contribution in [3.8, 4) is 11.6 Å². The molecule has 0 bridgehead atoms. The van der Waals surface area contributed by atoms with Crippen LogP contribution in [0.25, 0.3) is 11.6 Å². The third-order valence-electron chi connectivity index (χ3n) is 2.88. The monoisotopic (exact) mass is 274 g/mol. The molecule has 8 nitrogen and oxygen atoms in total. The molecule has 0 spiro atoms. The lowest BCUT2D eigenvalue weighted by Gasteiger charge is -2.01. The molecule has 0 aliphatic heterocycles. The molecule has 3 aromatic rings. The molecular formula is C12H14N6O2. The van der Waals surface area contributed by atoms with Gasteiger partial charge in [0.15, 0.2) is 5.76 Å². The molecule has 1 unspecified atom stereocenters. The second kappa shape index (κ2) is 5.25. The summed E-state index contributed by atoms with van der Waals surface area (Å²) in [7, 11) is 0. The second-order valence-corrected chi connectivity index (χ2v) is 4.34. The van der Waals surface area contributed by atoms with Gasteiger partial charge in [0.2, 0.25) is 11.7 Å². The second-order valence-electron chi connectivity index (χ2n) is 4.34. The van der Waals surface area contributed by atoms with Gasteiger partial charge in [-0.2, -0.15) is 4.98 Å². The Kier molecular flexibility index (Phi) is 3.30. The highest BCUT2D eigenvalue weighted by Crippen LogP contribution is 2.16. The fourth-order valence-corrected chi connectivity index (χ4v) is 1.73. The van der Waals surface area contributed by atoms with Crippen molar-refractivity contribution in [2.45, 2.75) is 25.9 Å². The molecule has 0 saturated carbocycles. The summed E-state index contributed by atoms with van der Waals surface area (Å²) in [5, 5.41) is 11.9. The molecule has 0 aromatic carbocycles. The minimum Gasteiger partial charge on any atom is -0.461 e. The SMILES string of the molecule is CCC(N)c1cn(Cc2nc(-c3ccco3)no2)nn1. The number of nitrogens with two attached hydrogens (primary N) is 1. The molecule has 2 N–H and O–H groups in total. The Bertz CT molecular complexity index is 672. The Labute approximate surface area is 114 Å². The Hall–Kier alpha value is -2.48. The van der Waals surface area contributed by atoms with Gasteiger partial charge in [-0.05, 0) is 18.6 Å². The molecule has 0 radical (unpaired) electrons. The van der Waals surface area contributed by atoms with Gasteiger partial charge in [-0.15, -0.1) is 5.10 Å². The zero-order valence-electron chi connectivity index (χ0n) is 10.9. The van der Waals surface area contributed by atoms with Crippen molar-refractivity contribution in [3.05, 3.63) is 36.2 Å². The zero-order chi connectivity index (χ0) is 13.9. The summed E-state index contributed by atoms with van der Waals surface area (Å²) >= 11 is 0. The lowest BCUT2D eigenvalue weighted by Crippen LogP contribution is -2.08. The molecule has 0 fully saturated rings. The van der Waals surface area contributed by atoms with Crippen LogP contribution < -0.4 is 5.73 Å². The van der Waals surface area contributed by atoms with Gasteiger partial charge < -0.3 is 14.7 Å². The molecule has 0 aliphatic rings. The van der Waals surface area contributed by atoms with E-state index in [0.717, 1.165) is 12.1 Å². The van der Waals surface area contributed by atoms with Crippen LogP contribution in [0.2, 0.25) is 0 Å². The van der Waals surface area contributed by atoms with E-state index in [0.29, 0.717) is 24.0 Å². The maximum Gasteiger partial charge on any atom is 0.248 e. The van der Waals surface area contributed by atoms with Gasteiger partial charge in [-0.1, -0.05) is 17.3 Å². The summed E-state index contributed by atoms with van der Waals surface area (Å²) in [5.41, 5.74) is 6.64. The van der Waals surface area contributed by atoms with Crippen molar-refractivity contribution in [2.75, 3.05) is 0 Å². The van der Waals surface area contributed by atoms with E-state index in [1.165, 1.54) is 0 Å². The van der Waals surface area contributed by atoms with Gasteiger partial charge in [0.1, 0.15) is 6.54 Å². The average Bonchev–Trinajstić information content (AvgIpc) is 3.19. The molecule has 3 heterocycles. The normalized spacial score (nSPS) is 12.7. The van der Waals surface area contributed by atoms with Crippen LogP contribution in [-0.2, 0) is 6.54 Å². The topological polar surface area (TPSA) is 109 Å². The molecule has 0 amide bonds. The molecule has 8 heteroatoms. The Morgan fingerprint density at radius 2 is 2.35 bits per heavy atom. The minimum absolute atomic E-state index is 0.106. The van der Waals surface area contributed by atoms with Gasteiger partial charge in [0.25, 0.3) is 0 Å². The van der Waals surface area contributed by atoms with Crippen LogP contribution in [-0.4, -0.2) is 25.1 Å². The quantitative estimate of drug-likeness (QED) is 0.748. The minimum atomic E-state index is -0.106. The first-order chi connectivity index (χ1) is 9.76. The van der Waals surface area contributed by atoms with E-state index in [4.69, 9.17) is 14.7 Å². The summed E-state index contributed by atoms with van der Waals surface area (Å²) in [4.78, 5) is 4.23. The van der Waals surface area contributed by atoms with Crippen molar-refractivity contribution >= 4 is 0 Å². The maximum atomic E-state index is 5.89. The summed E-state index contributed by atoms with van der Waals surface area (Å²) in [6.45, 7) is 2.34. The van der Waals surface area contributed by atoms with Gasteiger partial charge in [-0.3, -0.25) is 0 Å². The fraction of sp³-hybridized carbons (Fsp3) is 0.333. The summed E-state index contributed by atoms with van der Waals surface area (Å²) in [6, 6.07) is 3.43. The van der Waals surface area contributed by atoms with Crippen LogP contribution in [0, 0.1) is 0 Å². The van der Waals surface area contributed by atoms with Gasteiger partial charge in [0.05, 0.1) is 24.2 Å². The van der Waals surface area contributed by atoms with E-state index < -0.39 is 0 Å². The van der Waals surface area contributed by atoms with Crippen molar-refractivity contribution in [1.29, 1.82) is 0 Å². The van der Waals surface area contributed by atoms with Crippen LogP contribution >= 0.6 is 0 Å². The number of furan rings is 1. The molecule has 1 atom stereocenters. The molecule has 3 rings (SSSR count). The van der Waals surface area contributed by atoms with Crippen LogP contribution in [0.1, 0.15) is 31.0 Å². The van der Waals surface area contributed by atoms with Gasteiger partial charge in [-0.25, -0.2) is 4.68 Å². The van der Waals surface area contributed by atoms with E-state index in [1.54, 1.807) is 29.3 Å². The third kappa shape index (κ3) is 2.45. The number of hydrogen-bond acceptors (Lipinski definition) is 7. The van der Waals surface area contributed by atoms with Crippen LogP contribution in [0.3, 0.4) is 0 Å². The van der Waals surface area contributed by atoms with Crippen molar-refractivity contribution < 1.29 is 8.94 Å².